The number of benzene rings is 5. The third-order valence-corrected chi connectivity index (χ3v) is 6.21. The molecule has 0 saturated heterocycles. The largest absolute Gasteiger partial charge is 0.0984 e. The van der Waals surface area contributed by atoms with Gasteiger partial charge in [0.2, 0.25) is 0 Å². The Bertz CT molecular complexity index is 1510. The molecule has 0 fully saturated rings. The normalized spacial score (nSPS) is 12.6. The highest BCUT2D eigenvalue weighted by molar-refractivity contribution is 6.25. The van der Waals surface area contributed by atoms with Gasteiger partial charge in [-0.15, -0.1) is 0 Å². The van der Waals surface area contributed by atoms with E-state index in [1.54, 1.807) is 0 Å². The predicted octanol–water partition coefficient (Wildman–Crippen LogP) is 9.13. The maximum atomic E-state index is 4.19. The average Bonchev–Trinajstić information content (AvgIpc) is 2.84. The van der Waals surface area contributed by atoms with Gasteiger partial charge in [0, 0.05) is 0 Å². The lowest BCUT2D eigenvalue weighted by molar-refractivity contribution is 1.45. The van der Waals surface area contributed by atoms with Gasteiger partial charge in [-0.25, -0.2) is 0 Å². The number of rotatable bonds is 4. The molecule has 0 aliphatic carbocycles. The Kier molecular flexibility index (Phi) is 5.21. The molecule has 0 heteroatoms. The van der Waals surface area contributed by atoms with E-state index in [1.807, 2.05) is 6.08 Å². The van der Waals surface area contributed by atoms with Crippen LogP contribution in [0.15, 0.2) is 116 Å². The monoisotopic (exact) mass is 410 g/mol. The first-order chi connectivity index (χ1) is 15.7. The Labute approximate surface area is 189 Å². The molecule has 0 amide bonds. The van der Waals surface area contributed by atoms with Gasteiger partial charge in [-0.1, -0.05) is 115 Å². The summed E-state index contributed by atoms with van der Waals surface area (Å²) in [5.41, 5.74) is 5.98. The van der Waals surface area contributed by atoms with E-state index in [4.69, 9.17) is 0 Å². The molecule has 0 atom stereocenters. The van der Waals surface area contributed by atoms with E-state index in [-0.39, 0.29) is 0 Å². The number of hydrogen-bond donors (Lipinski definition) is 0. The summed E-state index contributed by atoms with van der Waals surface area (Å²) in [4.78, 5) is 0. The SMILES string of the molecule is C=C/C(=C(\C=C/C)c1cccc(C)c1)c1ccc2c3ccccc3c3ccccc3c2c1. The Morgan fingerprint density at radius 3 is 1.72 bits per heavy atom. The van der Waals surface area contributed by atoms with E-state index in [1.165, 1.54) is 54.6 Å². The molecule has 154 valence electrons. The minimum absolute atomic E-state index is 1.15. The maximum Gasteiger partial charge on any atom is -0.00928 e. The Morgan fingerprint density at radius 2 is 1.16 bits per heavy atom. The van der Waals surface area contributed by atoms with Gasteiger partial charge in [0.1, 0.15) is 0 Å². The average molecular weight is 411 g/mol. The van der Waals surface area contributed by atoms with Gasteiger partial charge in [-0.05, 0) is 74.5 Å². The third kappa shape index (κ3) is 3.35. The van der Waals surface area contributed by atoms with Crippen LogP contribution < -0.4 is 0 Å². The molecule has 5 aromatic rings. The minimum atomic E-state index is 1.15. The lowest BCUT2D eigenvalue weighted by Crippen LogP contribution is -1.91. The van der Waals surface area contributed by atoms with Crippen molar-refractivity contribution in [2.75, 3.05) is 0 Å². The third-order valence-electron chi connectivity index (χ3n) is 6.21. The van der Waals surface area contributed by atoms with Crippen LogP contribution >= 0.6 is 0 Å². The van der Waals surface area contributed by atoms with Crippen molar-refractivity contribution in [1.82, 2.24) is 0 Å². The standard InChI is InChI=1S/C32H26/c1-4-11-26(23-13-10-12-22(3)20-23)25(5-2)24-18-19-31-29-16-7-6-14-27(29)28-15-8-9-17-30(28)32(31)21-24/h4-21H,2H2,1,3H3/b11-4-,26-25-. The molecule has 0 aliphatic rings. The van der Waals surface area contributed by atoms with E-state index in [0.29, 0.717) is 0 Å². The summed E-state index contributed by atoms with van der Waals surface area (Å²) in [6.07, 6.45) is 6.28. The molecular formula is C32H26. The van der Waals surface area contributed by atoms with E-state index >= 15 is 0 Å². The summed E-state index contributed by atoms with van der Waals surface area (Å²) in [5, 5.41) is 7.75. The number of aryl methyl sites for hydroxylation is 1. The van der Waals surface area contributed by atoms with Crippen LogP contribution in [-0.4, -0.2) is 0 Å². The molecule has 0 aromatic heterocycles. The predicted molar refractivity (Wildman–Crippen MR) is 142 cm³/mol. The molecule has 0 aliphatic heterocycles. The van der Waals surface area contributed by atoms with Crippen molar-refractivity contribution in [2.45, 2.75) is 13.8 Å². The molecule has 5 rings (SSSR count). The van der Waals surface area contributed by atoms with Crippen LogP contribution in [0, 0.1) is 6.92 Å². The minimum Gasteiger partial charge on any atom is -0.0984 e. The van der Waals surface area contributed by atoms with Crippen molar-refractivity contribution in [3.8, 4) is 0 Å². The van der Waals surface area contributed by atoms with Crippen molar-refractivity contribution in [2.24, 2.45) is 0 Å². The van der Waals surface area contributed by atoms with E-state index in [2.05, 4.69) is 124 Å². The van der Waals surface area contributed by atoms with E-state index in [0.717, 1.165) is 5.57 Å². The number of allylic oxidation sites excluding steroid dienone is 5. The summed E-state index contributed by atoms with van der Waals surface area (Å²) >= 11 is 0. The van der Waals surface area contributed by atoms with Gasteiger partial charge < -0.3 is 0 Å². The Morgan fingerprint density at radius 1 is 0.594 bits per heavy atom. The van der Waals surface area contributed by atoms with Gasteiger partial charge in [0.25, 0.3) is 0 Å². The summed E-state index contributed by atoms with van der Waals surface area (Å²) < 4.78 is 0. The van der Waals surface area contributed by atoms with Crippen LogP contribution in [0.5, 0.6) is 0 Å². The zero-order valence-electron chi connectivity index (χ0n) is 18.6. The number of fused-ring (bicyclic) bond motifs is 6. The van der Waals surface area contributed by atoms with Crippen LogP contribution in [0.4, 0.5) is 0 Å². The Balaban J connectivity index is 1.86. The second-order valence-electron chi connectivity index (χ2n) is 8.25. The molecule has 5 aromatic carbocycles. The molecular weight excluding hydrogens is 384 g/mol. The van der Waals surface area contributed by atoms with Crippen molar-refractivity contribution < 1.29 is 0 Å². The molecule has 0 spiro atoms. The summed E-state index contributed by atoms with van der Waals surface area (Å²) in [6, 6.07) is 32.9. The fraction of sp³-hybridized carbons (Fsp3) is 0.0625. The fourth-order valence-corrected chi connectivity index (χ4v) is 4.78. The zero-order chi connectivity index (χ0) is 22.1. The quantitative estimate of drug-likeness (QED) is 0.157. The van der Waals surface area contributed by atoms with E-state index in [9.17, 15) is 0 Å². The van der Waals surface area contributed by atoms with Crippen LogP contribution in [-0.2, 0) is 0 Å². The highest BCUT2D eigenvalue weighted by Crippen LogP contribution is 2.37. The van der Waals surface area contributed by atoms with E-state index < -0.39 is 0 Å². The first kappa shape index (κ1) is 20.0. The van der Waals surface area contributed by atoms with Crippen molar-refractivity contribution in [1.29, 1.82) is 0 Å². The zero-order valence-corrected chi connectivity index (χ0v) is 18.6. The highest BCUT2D eigenvalue weighted by Gasteiger charge is 2.12. The van der Waals surface area contributed by atoms with Gasteiger partial charge in [-0.3, -0.25) is 0 Å². The summed E-state index contributed by atoms with van der Waals surface area (Å²) in [6.45, 7) is 8.39. The number of hydrogen-bond acceptors (Lipinski definition) is 0. The van der Waals surface area contributed by atoms with Gasteiger partial charge in [0.15, 0.2) is 0 Å². The van der Waals surface area contributed by atoms with Crippen molar-refractivity contribution in [3.63, 3.8) is 0 Å². The van der Waals surface area contributed by atoms with Gasteiger partial charge in [0.05, 0.1) is 0 Å². The second-order valence-corrected chi connectivity index (χ2v) is 8.25. The van der Waals surface area contributed by atoms with Crippen molar-refractivity contribution >= 4 is 43.5 Å². The Hall–Kier alpha value is -3.90. The molecule has 0 N–H and O–H groups in total. The fourth-order valence-electron chi connectivity index (χ4n) is 4.78. The molecule has 32 heavy (non-hydrogen) atoms. The molecule has 0 nitrogen and oxygen atoms in total. The molecule has 0 saturated carbocycles. The molecule has 0 heterocycles. The van der Waals surface area contributed by atoms with Crippen LogP contribution in [0.1, 0.15) is 23.6 Å². The highest BCUT2D eigenvalue weighted by atomic mass is 14.2. The van der Waals surface area contributed by atoms with Crippen LogP contribution in [0.2, 0.25) is 0 Å². The van der Waals surface area contributed by atoms with Crippen LogP contribution in [0.25, 0.3) is 43.5 Å². The molecule has 0 unspecified atom stereocenters. The second kappa shape index (κ2) is 8.32. The maximum absolute atomic E-state index is 4.19. The topological polar surface area (TPSA) is 0 Å². The molecule has 0 bridgehead atoms. The van der Waals surface area contributed by atoms with Gasteiger partial charge in [-0.2, -0.15) is 0 Å². The summed E-state index contributed by atoms with van der Waals surface area (Å²) in [7, 11) is 0. The molecule has 0 radical (unpaired) electrons. The lowest BCUT2D eigenvalue weighted by Gasteiger charge is -2.15. The van der Waals surface area contributed by atoms with Crippen LogP contribution in [0.3, 0.4) is 0 Å². The van der Waals surface area contributed by atoms with Gasteiger partial charge >= 0.3 is 0 Å². The van der Waals surface area contributed by atoms with Crippen molar-refractivity contribution in [3.05, 3.63) is 132 Å². The first-order valence-corrected chi connectivity index (χ1v) is 11.1. The smallest absolute Gasteiger partial charge is 0.00928 e. The lowest BCUT2D eigenvalue weighted by atomic mass is 9.89. The first-order valence-electron chi connectivity index (χ1n) is 11.1. The summed E-state index contributed by atoms with van der Waals surface area (Å²) in [5.74, 6) is 0.